The molecule has 0 fully saturated rings. The molecule has 7 nitrogen and oxygen atoms in total. The van der Waals surface area contributed by atoms with Crippen LogP contribution in [0.15, 0.2) is 96.6 Å². The lowest BCUT2D eigenvalue weighted by Gasteiger charge is -2.12. The van der Waals surface area contributed by atoms with Gasteiger partial charge in [0.25, 0.3) is 5.91 Å². The molecule has 0 heterocycles. The van der Waals surface area contributed by atoms with Crippen LogP contribution >= 0.6 is 0 Å². The Labute approximate surface area is 221 Å². The van der Waals surface area contributed by atoms with Gasteiger partial charge < -0.3 is 14.2 Å². The van der Waals surface area contributed by atoms with Gasteiger partial charge in [0.15, 0.2) is 18.1 Å². The van der Waals surface area contributed by atoms with Gasteiger partial charge in [0.05, 0.1) is 18.9 Å². The minimum Gasteiger partial charge on any atom is -0.493 e. The third kappa shape index (κ3) is 6.44. The minimum atomic E-state index is -0.486. The molecule has 0 aliphatic rings. The summed E-state index contributed by atoms with van der Waals surface area (Å²) in [7, 11) is 1.54. The van der Waals surface area contributed by atoms with E-state index < -0.39 is 11.9 Å². The fraction of sp³-hybridized carbons (Fsp3) is 0.129. The van der Waals surface area contributed by atoms with E-state index in [2.05, 4.69) is 17.1 Å². The summed E-state index contributed by atoms with van der Waals surface area (Å²) in [6.07, 6.45) is 3.95. The van der Waals surface area contributed by atoms with Crippen LogP contribution in [0.4, 0.5) is 0 Å². The number of nitrogens with one attached hydrogen (secondary N) is 1. The molecule has 4 aromatic rings. The number of fused-ring (bicyclic) bond motifs is 1. The Bertz CT molecular complexity index is 1490. The Kier molecular flexibility index (Phi) is 8.51. The lowest BCUT2D eigenvalue weighted by atomic mass is 10.0. The number of hydrogen-bond donors (Lipinski definition) is 1. The molecule has 4 rings (SSSR count). The number of aryl methyl sites for hydroxylation is 1. The summed E-state index contributed by atoms with van der Waals surface area (Å²) in [5.41, 5.74) is 5.52. The number of carbonyl (C=O) groups excluding carboxylic acids is 2. The van der Waals surface area contributed by atoms with Gasteiger partial charge in [-0.1, -0.05) is 60.2 Å². The number of methoxy groups -OCH3 is 1. The van der Waals surface area contributed by atoms with E-state index in [1.165, 1.54) is 13.3 Å². The summed E-state index contributed by atoms with van der Waals surface area (Å²) < 4.78 is 16.7. The Morgan fingerprint density at radius 1 is 0.947 bits per heavy atom. The van der Waals surface area contributed by atoms with Crippen LogP contribution in [0.5, 0.6) is 17.2 Å². The van der Waals surface area contributed by atoms with Crippen molar-refractivity contribution in [3.05, 3.63) is 114 Å². The van der Waals surface area contributed by atoms with Crippen molar-refractivity contribution in [2.45, 2.75) is 13.3 Å². The van der Waals surface area contributed by atoms with E-state index in [0.717, 1.165) is 21.9 Å². The first kappa shape index (κ1) is 26.2. The van der Waals surface area contributed by atoms with E-state index in [1.807, 2.05) is 61.5 Å². The highest BCUT2D eigenvalue weighted by atomic mass is 16.5. The third-order valence-electron chi connectivity index (χ3n) is 5.77. The van der Waals surface area contributed by atoms with Crippen molar-refractivity contribution < 1.29 is 23.8 Å². The molecule has 0 bridgehead atoms. The van der Waals surface area contributed by atoms with Gasteiger partial charge in [-0.3, -0.25) is 4.79 Å². The topological polar surface area (TPSA) is 86.2 Å². The fourth-order valence-corrected chi connectivity index (χ4v) is 3.82. The molecule has 4 aromatic carbocycles. The van der Waals surface area contributed by atoms with Gasteiger partial charge in [0.2, 0.25) is 0 Å². The normalized spacial score (nSPS) is 10.8. The molecule has 7 heteroatoms. The SMILES string of the molecule is C=CCc1ccc(OCC(=O)N/N=C\c2c(OC(=O)c3ccc(C)cc3)ccc3ccccc23)c(OC)c1. The molecule has 0 spiro atoms. The van der Waals surface area contributed by atoms with Crippen molar-refractivity contribution >= 4 is 28.9 Å². The van der Waals surface area contributed by atoms with Crippen molar-refractivity contribution in [1.29, 1.82) is 0 Å². The monoisotopic (exact) mass is 508 g/mol. The summed E-state index contributed by atoms with van der Waals surface area (Å²) in [6.45, 7) is 5.42. The van der Waals surface area contributed by atoms with E-state index in [0.29, 0.717) is 34.8 Å². The number of carbonyl (C=O) groups is 2. The molecular formula is C31H28N2O5. The number of hydrogen-bond acceptors (Lipinski definition) is 6. The fourth-order valence-electron chi connectivity index (χ4n) is 3.82. The molecular weight excluding hydrogens is 480 g/mol. The molecule has 0 saturated carbocycles. The smallest absolute Gasteiger partial charge is 0.343 e. The van der Waals surface area contributed by atoms with Crippen molar-refractivity contribution in [3.8, 4) is 17.2 Å². The van der Waals surface area contributed by atoms with Crippen LogP contribution in [0.25, 0.3) is 10.8 Å². The van der Waals surface area contributed by atoms with Gasteiger partial charge in [0.1, 0.15) is 5.75 Å². The second-order valence-electron chi connectivity index (χ2n) is 8.51. The third-order valence-corrected chi connectivity index (χ3v) is 5.77. The van der Waals surface area contributed by atoms with Gasteiger partial charge in [-0.2, -0.15) is 5.10 Å². The highest BCUT2D eigenvalue weighted by molar-refractivity contribution is 6.04. The van der Waals surface area contributed by atoms with E-state index in [4.69, 9.17) is 14.2 Å². The van der Waals surface area contributed by atoms with Gasteiger partial charge in [-0.05, 0) is 60.0 Å². The maximum Gasteiger partial charge on any atom is 0.343 e. The van der Waals surface area contributed by atoms with Gasteiger partial charge in [-0.15, -0.1) is 6.58 Å². The standard InChI is InChI=1S/C31H28N2O5/c1-4-7-22-12-16-28(29(18-22)36-3)37-20-30(34)33-32-19-26-25-9-6-5-8-23(25)15-17-27(26)38-31(35)24-13-10-21(2)11-14-24/h4-6,8-19H,1,7,20H2,2-3H3,(H,33,34)/b32-19-. The molecule has 0 saturated heterocycles. The van der Waals surface area contributed by atoms with Crippen molar-refractivity contribution in [2.24, 2.45) is 5.10 Å². The quantitative estimate of drug-likeness (QED) is 0.0986. The van der Waals surface area contributed by atoms with Crippen molar-refractivity contribution in [2.75, 3.05) is 13.7 Å². The first-order chi connectivity index (χ1) is 18.5. The van der Waals surface area contributed by atoms with Crippen LogP contribution in [-0.4, -0.2) is 31.8 Å². The Balaban J connectivity index is 1.47. The molecule has 1 N–H and O–H groups in total. The number of ether oxygens (including phenoxy) is 3. The Morgan fingerprint density at radius 3 is 2.47 bits per heavy atom. The summed E-state index contributed by atoms with van der Waals surface area (Å²) in [5, 5.41) is 5.85. The summed E-state index contributed by atoms with van der Waals surface area (Å²) >= 11 is 0. The van der Waals surface area contributed by atoms with Gasteiger partial charge in [-0.25, -0.2) is 10.2 Å². The zero-order valence-corrected chi connectivity index (χ0v) is 21.3. The Morgan fingerprint density at radius 2 is 1.71 bits per heavy atom. The average Bonchev–Trinajstić information content (AvgIpc) is 2.93. The van der Waals surface area contributed by atoms with E-state index >= 15 is 0 Å². The number of nitrogens with zero attached hydrogens (tertiary/aromatic N) is 1. The molecule has 0 radical (unpaired) electrons. The molecule has 0 aliphatic heterocycles. The molecule has 38 heavy (non-hydrogen) atoms. The van der Waals surface area contributed by atoms with Crippen LogP contribution in [-0.2, 0) is 11.2 Å². The zero-order chi connectivity index (χ0) is 26.9. The minimum absolute atomic E-state index is 0.265. The van der Waals surface area contributed by atoms with Crippen LogP contribution in [0.1, 0.15) is 27.0 Å². The largest absolute Gasteiger partial charge is 0.493 e. The number of esters is 1. The lowest BCUT2D eigenvalue weighted by molar-refractivity contribution is -0.123. The molecule has 0 aliphatic carbocycles. The number of amides is 1. The van der Waals surface area contributed by atoms with Crippen LogP contribution in [0, 0.1) is 6.92 Å². The van der Waals surface area contributed by atoms with Crippen LogP contribution < -0.4 is 19.6 Å². The molecule has 0 atom stereocenters. The number of benzene rings is 4. The first-order valence-electron chi connectivity index (χ1n) is 12.0. The van der Waals surface area contributed by atoms with Gasteiger partial charge in [0, 0.05) is 5.56 Å². The first-order valence-corrected chi connectivity index (χ1v) is 12.0. The van der Waals surface area contributed by atoms with Crippen LogP contribution in [0.2, 0.25) is 0 Å². The average molecular weight is 509 g/mol. The maximum atomic E-state index is 12.8. The highest BCUT2D eigenvalue weighted by Crippen LogP contribution is 2.29. The van der Waals surface area contributed by atoms with E-state index in [9.17, 15) is 9.59 Å². The molecule has 192 valence electrons. The van der Waals surface area contributed by atoms with Crippen molar-refractivity contribution in [1.82, 2.24) is 5.43 Å². The molecule has 0 unspecified atom stereocenters. The maximum absolute atomic E-state index is 12.8. The molecule has 1 amide bonds. The summed E-state index contributed by atoms with van der Waals surface area (Å²) in [4.78, 5) is 25.2. The second kappa shape index (κ2) is 12.4. The van der Waals surface area contributed by atoms with Crippen LogP contribution in [0.3, 0.4) is 0 Å². The van der Waals surface area contributed by atoms with E-state index in [1.54, 1.807) is 30.3 Å². The summed E-state index contributed by atoms with van der Waals surface area (Å²) in [6, 6.07) is 23.8. The Hall–Kier alpha value is -4.91. The number of allylic oxidation sites excluding steroid dienone is 1. The predicted octanol–water partition coefficient (Wildman–Crippen LogP) is 5.63. The zero-order valence-electron chi connectivity index (χ0n) is 21.3. The number of rotatable bonds is 10. The van der Waals surface area contributed by atoms with Crippen molar-refractivity contribution in [3.63, 3.8) is 0 Å². The summed E-state index contributed by atoms with van der Waals surface area (Å²) in [5.74, 6) is 0.348. The van der Waals surface area contributed by atoms with Gasteiger partial charge >= 0.3 is 5.97 Å². The van der Waals surface area contributed by atoms with E-state index in [-0.39, 0.29) is 6.61 Å². The number of hydrazone groups is 1. The lowest BCUT2D eigenvalue weighted by Crippen LogP contribution is -2.24. The highest BCUT2D eigenvalue weighted by Gasteiger charge is 2.14. The predicted molar refractivity (Wildman–Crippen MR) is 148 cm³/mol. The second-order valence-corrected chi connectivity index (χ2v) is 8.51. The molecule has 0 aromatic heterocycles.